The molecular formula is C15H15ClN2O. The number of nitrogens with one attached hydrogen (secondary N) is 1. The third-order valence-corrected chi connectivity index (χ3v) is 3.43. The van der Waals surface area contributed by atoms with Gasteiger partial charge in [0.25, 0.3) is 0 Å². The monoisotopic (exact) mass is 274 g/mol. The van der Waals surface area contributed by atoms with Gasteiger partial charge in [-0.1, -0.05) is 54.1 Å². The maximum atomic E-state index is 11.9. The van der Waals surface area contributed by atoms with Gasteiger partial charge in [0.05, 0.1) is 10.7 Å². The lowest BCUT2D eigenvalue weighted by molar-refractivity contribution is -0.122. The van der Waals surface area contributed by atoms with Crippen LogP contribution in [0.1, 0.15) is 12.5 Å². The summed E-state index contributed by atoms with van der Waals surface area (Å²) >= 11 is 6.11. The second-order valence-electron chi connectivity index (χ2n) is 4.46. The number of hydrogen-bond donors (Lipinski definition) is 2. The number of amides is 1. The molecule has 0 saturated carbocycles. The van der Waals surface area contributed by atoms with Gasteiger partial charge in [0, 0.05) is 0 Å². The van der Waals surface area contributed by atoms with E-state index in [1.807, 2.05) is 48.5 Å². The van der Waals surface area contributed by atoms with E-state index in [1.54, 1.807) is 13.0 Å². The molecule has 2 aromatic rings. The summed E-state index contributed by atoms with van der Waals surface area (Å²) in [5.74, 6) is -0.460. The van der Waals surface area contributed by atoms with Crippen molar-refractivity contribution in [1.82, 2.24) is 0 Å². The van der Waals surface area contributed by atoms with E-state index in [1.165, 1.54) is 0 Å². The molecule has 0 spiro atoms. The highest BCUT2D eigenvalue weighted by atomic mass is 35.5. The Balaban J connectivity index is 2.42. The normalized spacial score (nSPS) is 13.6. The van der Waals surface area contributed by atoms with Gasteiger partial charge >= 0.3 is 0 Å². The molecule has 0 heterocycles. The predicted molar refractivity (Wildman–Crippen MR) is 78.1 cm³/mol. The molecule has 1 amide bonds. The first-order valence-corrected chi connectivity index (χ1v) is 6.30. The summed E-state index contributed by atoms with van der Waals surface area (Å²) in [4.78, 5) is 11.9. The molecule has 0 bridgehead atoms. The molecule has 3 N–H and O–H groups in total. The summed E-state index contributed by atoms with van der Waals surface area (Å²) in [5, 5.41) is 3.68. The van der Waals surface area contributed by atoms with Crippen LogP contribution in [0.15, 0.2) is 54.6 Å². The van der Waals surface area contributed by atoms with Crippen molar-refractivity contribution in [3.05, 3.63) is 65.2 Å². The van der Waals surface area contributed by atoms with Crippen molar-refractivity contribution in [3.8, 4) is 0 Å². The van der Waals surface area contributed by atoms with Gasteiger partial charge in [-0.2, -0.15) is 0 Å². The lowest BCUT2D eigenvalue weighted by atomic mass is 9.91. The van der Waals surface area contributed by atoms with Gasteiger partial charge < -0.3 is 11.1 Å². The van der Waals surface area contributed by atoms with Crippen LogP contribution in [0.5, 0.6) is 0 Å². The summed E-state index contributed by atoms with van der Waals surface area (Å²) in [6, 6.07) is 16.6. The van der Waals surface area contributed by atoms with Crippen LogP contribution in [0.25, 0.3) is 0 Å². The van der Waals surface area contributed by atoms with Gasteiger partial charge in [-0.3, -0.25) is 4.79 Å². The summed E-state index contributed by atoms with van der Waals surface area (Å²) < 4.78 is 0. The fraction of sp³-hybridized carbons (Fsp3) is 0.133. The van der Waals surface area contributed by atoms with E-state index in [-0.39, 0.29) is 0 Å². The highest BCUT2D eigenvalue weighted by Gasteiger charge is 2.33. The predicted octanol–water partition coefficient (Wildman–Crippen LogP) is 3.15. The zero-order valence-electron chi connectivity index (χ0n) is 10.6. The molecule has 1 atom stereocenters. The molecule has 98 valence electrons. The average Bonchev–Trinajstić information content (AvgIpc) is 2.42. The number of anilines is 1. The van der Waals surface area contributed by atoms with Crippen LogP contribution in [-0.2, 0) is 10.3 Å². The summed E-state index contributed by atoms with van der Waals surface area (Å²) in [6.07, 6.45) is 0. The van der Waals surface area contributed by atoms with E-state index in [9.17, 15) is 4.79 Å². The summed E-state index contributed by atoms with van der Waals surface area (Å²) in [5.41, 5.74) is 6.02. The van der Waals surface area contributed by atoms with Crippen molar-refractivity contribution in [2.24, 2.45) is 5.73 Å². The lowest BCUT2D eigenvalue weighted by Gasteiger charge is -2.29. The Hall–Kier alpha value is -2.00. The van der Waals surface area contributed by atoms with Crippen molar-refractivity contribution in [2.45, 2.75) is 12.5 Å². The molecule has 0 saturated heterocycles. The Bertz CT molecular complexity index is 586. The van der Waals surface area contributed by atoms with Gasteiger partial charge in [-0.15, -0.1) is 0 Å². The molecule has 1 unspecified atom stereocenters. The van der Waals surface area contributed by atoms with Crippen LogP contribution in [0, 0.1) is 0 Å². The van der Waals surface area contributed by atoms with E-state index >= 15 is 0 Å². The van der Waals surface area contributed by atoms with E-state index in [0.717, 1.165) is 5.56 Å². The molecular weight excluding hydrogens is 260 g/mol. The van der Waals surface area contributed by atoms with Gasteiger partial charge in [-0.25, -0.2) is 0 Å². The van der Waals surface area contributed by atoms with E-state index < -0.39 is 11.4 Å². The molecule has 2 rings (SSSR count). The number of primary amides is 1. The molecule has 2 aromatic carbocycles. The van der Waals surface area contributed by atoms with Gasteiger partial charge in [0.1, 0.15) is 5.54 Å². The highest BCUT2D eigenvalue weighted by Crippen LogP contribution is 2.29. The largest absolute Gasteiger partial charge is 0.367 e. The molecule has 19 heavy (non-hydrogen) atoms. The SMILES string of the molecule is CC(Nc1ccccc1Cl)(C(N)=O)c1ccccc1. The van der Waals surface area contributed by atoms with Crippen LogP contribution < -0.4 is 11.1 Å². The maximum absolute atomic E-state index is 11.9. The van der Waals surface area contributed by atoms with E-state index in [0.29, 0.717) is 10.7 Å². The molecule has 0 aliphatic rings. The van der Waals surface area contributed by atoms with E-state index in [2.05, 4.69) is 5.32 Å². The van der Waals surface area contributed by atoms with Crippen LogP contribution in [0.2, 0.25) is 5.02 Å². The minimum absolute atomic E-state index is 0.460. The minimum atomic E-state index is -1.01. The quantitative estimate of drug-likeness (QED) is 0.900. The minimum Gasteiger partial charge on any atom is -0.367 e. The first-order valence-electron chi connectivity index (χ1n) is 5.92. The molecule has 4 heteroatoms. The number of hydrogen-bond acceptors (Lipinski definition) is 2. The first kappa shape index (κ1) is 13.4. The highest BCUT2D eigenvalue weighted by molar-refractivity contribution is 6.33. The lowest BCUT2D eigenvalue weighted by Crippen LogP contribution is -2.45. The summed E-state index contributed by atoms with van der Waals surface area (Å²) in [7, 11) is 0. The number of halogens is 1. The smallest absolute Gasteiger partial charge is 0.247 e. The zero-order chi connectivity index (χ0) is 13.9. The van der Waals surface area contributed by atoms with Crippen molar-refractivity contribution >= 4 is 23.2 Å². The Morgan fingerprint density at radius 3 is 2.26 bits per heavy atom. The number of carbonyl (C=O) groups is 1. The topological polar surface area (TPSA) is 55.1 Å². The fourth-order valence-corrected chi connectivity index (χ4v) is 2.06. The van der Waals surface area contributed by atoms with Crippen molar-refractivity contribution in [2.75, 3.05) is 5.32 Å². The number of carbonyl (C=O) groups excluding carboxylic acids is 1. The Labute approximate surface area is 117 Å². The second-order valence-corrected chi connectivity index (χ2v) is 4.87. The van der Waals surface area contributed by atoms with Gasteiger partial charge in [0.2, 0.25) is 5.91 Å². The molecule has 0 aliphatic carbocycles. The average molecular weight is 275 g/mol. The van der Waals surface area contributed by atoms with Crippen molar-refractivity contribution < 1.29 is 4.79 Å². The van der Waals surface area contributed by atoms with Crippen LogP contribution in [-0.4, -0.2) is 5.91 Å². The van der Waals surface area contributed by atoms with Crippen LogP contribution in [0.3, 0.4) is 0 Å². The molecule has 3 nitrogen and oxygen atoms in total. The molecule has 0 aliphatic heterocycles. The van der Waals surface area contributed by atoms with Crippen molar-refractivity contribution in [3.63, 3.8) is 0 Å². The van der Waals surface area contributed by atoms with E-state index in [4.69, 9.17) is 17.3 Å². The standard InChI is InChI=1S/C15H15ClN2O/c1-15(14(17)19,11-7-3-2-4-8-11)18-13-10-6-5-9-12(13)16/h2-10,18H,1H3,(H2,17,19). The maximum Gasteiger partial charge on any atom is 0.247 e. The number of benzene rings is 2. The first-order chi connectivity index (χ1) is 9.04. The number of rotatable bonds is 4. The fourth-order valence-electron chi connectivity index (χ4n) is 1.88. The second kappa shape index (κ2) is 5.33. The van der Waals surface area contributed by atoms with Gasteiger partial charge in [-0.05, 0) is 24.6 Å². The van der Waals surface area contributed by atoms with Gasteiger partial charge in [0.15, 0.2) is 0 Å². The Morgan fingerprint density at radius 1 is 1.11 bits per heavy atom. The van der Waals surface area contributed by atoms with Crippen LogP contribution in [0.4, 0.5) is 5.69 Å². The Kier molecular flexibility index (Phi) is 3.76. The third kappa shape index (κ3) is 2.71. The zero-order valence-corrected chi connectivity index (χ0v) is 11.3. The Morgan fingerprint density at radius 2 is 1.68 bits per heavy atom. The summed E-state index contributed by atoms with van der Waals surface area (Å²) in [6.45, 7) is 1.74. The molecule has 0 fully saturated rings. The van der Waals surface area contributed by atoms with Crippen LogP contribution >= 0.6 is 11.6 Å². The molecule has 0 radical (unpaired) electrons. The van der Waals surface area contributed by atoms with Crippen molar-refractivity contribution in [1.29, 1.82) is 0 Å². The third-order valence-electron chi connectivity index (χ3n) is 3.10. The number of nitrogens with two attached hydrogens (primary N) is 1. The molecule has 0 aromatic heterocycles. The number of para-hydroxylation sites is 1.